The van der Waals surface area contributed by atoms with Crippen LogP contribution in [0.25, 0.3) is 27.5 Å². The van der Waals surface area contributed by atoms with Crippen LogP contribution in [0, 0.1) is 5.92 Å². The summed E-state index contributed by atoms with van der Waals surface area (Å²) in [6, 6.07) is 15.2. The molecule has 0 unspecified atom stereocenters. The molecule has 6 rings (SSSR count). The summed E-state index contributed by atoms with van der Waals surface area (Å²) < 4.78 is 1.54. The molecule has 0 aliphatic heterocycles. The van der Waals surface area contributed by atoms with Crippen LogP contribution in [0.2, 0.25) is 5.02 Å². The number of rotatable bonds is 6. The molecule has 0 saturated heterocycles. The molecular formula is C28H22ClN5O3. The minimum Gasteiger partial charge on any atom is -0.361 e. The van der Waals surface area contributed by atoms with E-state index >= 15 is 0 Å². The number of benzene rings is 2. The number of nitrogens with zero attached hydrogens (tertiary/aromatic N) is 3. The van der Waals surface area contributed by atoms with Crippen molar-refractivity contribution in [2.45, 2.75) is 25.8 Å². The lowest BCUT2D eigenvalue weighted by molar-refractivity contribution is 0.0969. The fourth-order valence-electron chi connectivity index (χ4n) is 4.80. The summed E-state index contributed by atoms with van der Waals surface area (Å²) in [5, 5.41) is 4.74. The van der Waals surface area contributed by atoms with Gasteiger partial charge in [-0.25, -0.2) is 9.97 Å². The Balaban J connectivity index is 1.60. The van der Waals surface area contributed by atoms with Crippen molar-refractivity contribution in [3.63, 3.8) is 0 Å². The number of Topliss-reactive ketones (excluding diaryl/α,β-unsaturated/α-hetero) is 1. The van der Waals surface area contributed by atoms with Gasteiger partial charge in [0.2, 0.25) is 0 Å². The summed E-state index contributed by atoms with van der Waals surface area (Å²) in [7, 11) is 0. The minimum atomic E-state index is -0.551. The van der Waals surface area contributed by atoms with Gasteiger partial charge in [-0.2, -0.15) is 0 Å². The fourth-order valence-corrected chi connectivity index (χ4v) is 5.21. The zero-order chi connectivity index (χ0) is 25.7. The normalized spacial score (nSPS) is 14.1. The second kappa shape index (κ2) is 8.97. The lowest BCUT2D eigenvalue weighted by atomic mass is 9.98. The van der Waals surface area contributed by atoms with Crippen LogP contribution in [-0.2, 0) is 0 Å². The standard InChI is InChI=1S/C28H22ClN5O3/c1-15(33-27-22-20(35)12-13-30-26(22)31-14-32-27)24-23(29)18-8-5-9-19(25(36)16-10-11-16)21(18)28(37)34(24)17-6-3-2-4-7-17/h2-9,12-16H,10-11H2,1H3,(H2,30,31,32,33,35)/t15-/m0/s1. The molecule has 1 aliphatic rings. The molecule has 1 aliphatic carbocycles. The Kier molecular flexibility index (Phi) is 5.61. The van der Waals surface area contributed by atoms with Gasteiger partial charge in [-0.3, -0.25) is 19.0 Å². The largest absolute Gasteiger partial charge is 0.361 e. The van der Waals surface area contributed by atoms with Crippen LogP contribution in [0.15, 0.2) is 76.7 Å². The molecule has 184 valence electrons. The van der Waals surface area contributed by atoms with Crippen molar-refractivity contribution < 1.29 is 4.79 Å². The summed E-state index contributed by atoms with van der Waals surface area (Å²) in [6.45, 7) is 1.84. The van der Waals surface area contributed by atoms with E-state index in [1.165, 1.54) is 18.6 Å². The monoisotopic (exact) mass is 511 g/mol. The number of aromatic amines is 1. The number of halogens is 1. The molecule has 8 nitrogen and oxygen atoms in total. The molecule has 1 atom stereocenters. The Hall–Kier alpha value is -4.30. The molecule has 3 heterocycles. The highest BCUT2D eigenvalue weighted by atomic mass is 35.5. The van der Waals surface area contributed by atoms with E-state index in [4.69, 9.17) is 11.6 Å². The van der Waals surface area contributed by atoms with E-state index in [9.17, 15) is 14.4 Å². The number of para-hydroxylation sites is 1. The average molecular weight is 512 g/mol. The Morgan fingerprint density at radius 2 is 1.84 bits per heavy atom. The number of pyridine rings is 2. The summed E-state index contributed by atoms with van der Waals surface area (Å²) in [5.41, 5.74) is 1.32. The van der Waals surface area contributed by atoms with Crippen LogP contribution in [0.3, 0.4) is 0 Å². The van der Waals surface area contributed by atoms with Crippen LogP contribution in [0.4, 0.5) is 5.82 Å². The molecule has 0 spiro atoms. The average Bonchev–Trinajstić information content (AvgIpc) is 3.76. The van der Waals surface area contributed by atoms with Gasteiger partial charge in [0.15, 0.2) is 11.2 Å². The van der Waals surface area contributed by atoms with E-state index in [0.717, 1.165) is 12.8 Å². The van der Waals surface area contributed by atoms with Gasteiger partial charge >= 0.3 is 0 Å². The molecule has 1 saturated carbocycles. The van der Waals surface area contributed by atoms with Gasteiger partial charge in [0.25, 0.3) is 5.56 Å². The fraction of sp³-hybridized carbons (Fsp3) is 0.179. The van der Waals surface area contributed by atoms with Gasteiger partial charge in [-0.15, -0.1) is 0 Å². The van der Waals surface area contributed by atoms with E-state index in [2.05, 4.69) is 20.3 Å². The lowest BCUT2D eigenvalue weighted by Crippen LogP contribution is -2.28. The number of carbonyl (C=O) groups excluding carboxylic acids is 1. The van der Waals surface area contributed by atoms with Gasteiger partial charge in [-0.05, 0) is 31.9 Å². The number of H-pyrrole nitrogens is 1. The first-order chi connectivity index (χ1) is 18.0. The minimum absolute atomic E-state index is 0.0241. The van der Waals surface area contributed by atoms with Gasteiger partial charge < -0.3 is 10.3 Å². The Labute approximate surface area is 216 Å². The molecule has 2 aromatic carbocycles. The molecule has 3 aromatic heterocycles. The van der Waals surface area contributed by atoms with Crippen molar-refractivity contribution in [3.05, 3.63) is 104 Å². The van der Waals surface area contributed by atoms with Crippen molar-refractivity contribution in [2.24, 2.45) is 5.92 Å². The second-order valence-corrected chi connectivity index (χ2v) is 9.57. The van der Waals surface area contributed by atoms with Gasteiger partial charge in [0, 0.05) is 34.8 Å². The van der Waals surface area contributed by atoms with Crippen molar-refractivity contribution in [1.29, 1.82) is 0 Å². The number of fused-ring (bicyclic) bond motifs is 2. The molecule has 0 bridgehead atoms. The summed E-state index contributed by atoms with van der Waals surface area (Å²) in [6.07, 6.45) is 4.55. The molecule has 0 radical (unpaired) electrons. The Morgan fingerprint density at radius 1 is 1.05 bits per heavy atom. The van der Waals surface area contributed by atoms with Crippen molar-refractivity contribution in [1.82, 2.24) is 19.5 Å². The number of anilines is 1. The molecule has 0 amide bonds. The third kappa shape index (κ3) is 3.90. The van der Waals surface area contributed by atoms with Crippen molar-refractivity contribution in [3.8, 4) is 5.69 Å². The van der Waals surface area contributed by atoms with Crippen LogP contribution < -0.4 is 16.3 Å². The maximum absolute atomic E-state index is 14.1. The predicted octanol–water partition coefficient (Wildman–Crippen LogP) is 5.04. The topological polar surface area (TPSA) is 110 Å². The maximum Gasteiger partial charge on any atom is 0.264 e. The summed E-state index contributed by atoms with van der Waals surface area (Å²) in [5.74, 6) is 0.252. The van der Waals surface area contributed by atoms with E-state index < -0.39 is 6.04 Å². The zero-order valence-corrected chi connectivity index (χ0v) is 20.6. The molecule has 2 N–H and O–H groups in total. The first-order valence-corrected chi connectivity index (χ1v) is 12.4. The van der Waals surface area contributed by atoms with E-state index in [0.29, 0.717) is 49.6 Å². The maximum atomic E-state index is 14.1. The van der Waals surface area contributed by atoms with E-state index in [1.54, 1.807) is 22.8 Å². The molecule has 5 aromatic rings. The van der Waals surface area contributed by atoms with Crippen LogP contribution in [-0.4, -0.2) is 25.3 Å². The lowest BCUT2D eigenvalue weighted by Gasteiger charge is -2.24. The van der Waals surface area contributed by atoms with Gasteiger partial charge in [0.1, 0.15) is 23.2 Å². The predicted molar refractivity (Wildman–Crippen MR) is 144 cm³/mol. The zero-order valence-electron chi connectivity index (χ0n) is 19.9. The number of aromatic nitrogens is 4. The van der Waals surface area contributed by atoms with Gasteiger partial charge in [0.05, 0.1) is 22.1 Å². The molecule has 37 heavy (non-hydrogen) atoms. The first kappa shape index (κ1) is 23.1. The number of hydrogen-bond acceptors (Lipinski definition) is 6. The third-order valence-electron chi connectivity index (χ3n) is 6.72. The molecule has 9 heteroatoms. The quantitative estimate of drug-likeness (QED) is 0.309. The van der Waals surface area contributed by atoms with E-state index in [1.807, 2.05) is 37.3 Å². The smallest absolute Gasteiger partial charge is 0.264 e. The van der Waals surface area contributed by atoms with Crippen molar-refractivity contribution >= 4 is 45.0 Å². The van der Waals surface area contributed by atoms with Crippen LogP contribution in [0.1, 0.15) is 41.9 Å². The highest BCUT2D eigenvalue weighted by Gasteiger charge is 2.33. The summed E-state index contributed by atoms with van der Waals surface area (Å²) >= 11 is 7.04. The Morgan fingerprint density at radius 3 is 2.59 bits per heavy atom. The van der Waals surface area contributed by atoms with E-state index in [-0.39, 0.29) is 22.7 Å². The number of ketones is 1. The highest BCUT2D eigenvalue weighted by Crippen LogP contribution is 2.37. The Bertz CT molecular complexity index is 1800. The highest BCUT2D eigenvalue weighted by molar-refractivity contribution is 6.36. The SMILES string of the molecule is C[C@H](Nc1ncnc2[nH]ccc(=O)c12)c1c(Cl)c2cccc(C(=O)C3CC3)c2c(=O)n1-c1ccccc1. The number of carbonyl (C=O) groups is 1. The van der Waals surface area contributed by atoms with Crippen molar-refractivity contribution in [2.75, 3.05) is 5.32 Å². The molecule has 1 fully saturated rings. The van der Waals surface area contributed by atoms with Gasteiger partial charge in [-0.1, -0.05) is 48.0 Å². The van der Waals surface area contributed by atoms with Crippen LogP contribution >= 0.6 is 11.6 Å². The second-order valence-electron chi connectivity index (χ2n) is 9.20. The molecular weight excluding hydrogens is 490 g/mol. The summed E-state index contributed by atoms with van der Waals surface area (Å²) in [4.78, 5) is 51.2. The first-order valence-electron chi connectivity index (χ1n) is 12.0. The third-order valence-corrected chi connectivity index (χ3v) is 7.12. The van der Waals surface area contributed by atoms with Crippen LogP contribution in [0.5, 0.6) is 0 Å². The number of nitrogens with one attached hydrogen (secondary N) is 2. The number of hydrogen-bond donors (Lipinski definition) is 2.